The summed E-state index contributed by atoms with van der Waals surface area (Å²) >= 11 is 0. The number of carbonyl (C=O) groups is 2. The second-order valence-electron chi connectivity index (χ2n) is 4.91. The molecule has 0 aromatic heterocycles. The van der Waals surface area contributed by atoms with Gasteiger partial charge in [0.2, 0.25) is 5.91 Å². The zero-order valence-electron chi connectivity index (χ0n) is 12.2. The smallest absolute Gasteiger partial charge is 0.321 e. The molecular weight excluding hydrogens is 244 g/mol. The average Bonchev–Trinajstić information content (AvgIpc) is 2.38. The lowest BCUT2D eigenvalue weighted by atomic mass is 10.1. The van der Waals surface area contributed by atoms with Gasteiger partial charge in [-0.25, -0.2) is 4.79 Å². The molecule has 1 heterocycles. The van der Waals surface area contributed by atoms with Crippen LogP contribution in [0, 0.1) is 0 Å². The van der Waals surface area contributed by atoms with E-state index in [-0.39, 0.29) is 12.5 Å². The van der Waals surface area contributed by atoms with Crippen LogP contribution in [0.1, 0.15) is 33.6 Å². The molecule has 0 aromatic rings. The molecule has 19 heavy (non-hydrogen) atoms. The van der Waals surface area contributed by atoms with E-state index in [1.165, 1.54) is 0 Å². The minimum atomic E-state index is -0.414. The third kappa shape index (κ3) is 5.16. The first-order valence-corrected chi connectivity index (χ1v) is 7.15. The summed E-state index contributed by atoms with van der Waals surface area (Å²) in [4.78, 5) is 25.3. The Balaban J connectivity index is 2.47. The quantitative estimate of drug-likeness (QED) is 0.671. The van der Waals surface area contributed by atoms with E-state index in [1.54, 1.807) is 0 Å². The van der Waals surface area contributed by atoms with Crippen molar-refractivity contribution in [2.45, 2.75) is 45.7 Å². The van der Waals surface area contributed by atoms with Crippen molar-refractivity contribution in [1.29, 1.82) is 0 Å². The van der Waals surface area contributed by atoms with E-state index >= 15 is 0 Å². The van der Waals surface area contributed by atoms with Gasteiger partial charge in [0.05, 0.1) is 6.54 Å². The molecule has 0 saturated carbocycles. The Morgan fingerprint density at radius 1 is 1.26 bits per heavy atom. The maximum absolute atomic E-state index is 11.8. The maximum atomic E-state index is 11.8. The van der Waals surface area contributed by atoms with E-state index in [2.05, 4.69) is 34.7 Å². The molecule has 0 spiro atoms. The first kappa shape index (κ1) is 15.9. The molecule has 0 aliphatic carbocycles. The Labute approximate surface area is 115 Å². The largest absolute Gasteiger partial charge is 0.338 e. The van der Waals surface area contributed by atoms with Crippen LogP contribution in [0.3, 0.4) is 0 Å². The lowest BCUT2D eigenvalue weighted by molar-refractivity contribution is -0.122. The van der Waals surface area contributed by atoms with E-state index in [1.807, 2.05) is 6.92 Å². The van der Waals surface area contributed by atoms with Gasteiger partial charge >= 0.3 is 6.03 Å². The predicted molar refractivity (Wildman–Crippen MR) is 74.9 cm³/mol. The number of piperazine rings is 1. The number of amides is 3. The highest BCUT2D eigenvalue weighted by atomic mass is 16.2. The Bertz CT molecular complexity index is 309. The van der Waals surface area contributed by atoms with Gasteiger partial charge in [-0.1, -0.05) is 13.8 Å². The summed E-state index contributed by atoms with van der Waals surface area (Å²) in [5.74, 6) is -0.235. The number of carbonyl (C=O) groups excluding carboxylic acids is 2. The fourth-order valence-electron chi connectivity index (χ4n) is 2.35. The van der Waals surface area contributed by atoms with Crippen LogP contribution < -0.4 is 16.0 Å². The molecule has 0 bridgehead atoms. The fraction of sp³-hybridized carbons (Fsp3) is 0.846. The normalized spacial score (nSPS) is 23.9. The summed E-state index contributed by atoms with van der Waals surface area (Å²) in [5, 5.41) is 8.39. The number of rotatable bonds is 5. The van der Waals surface area contributed by atoms with Crippen LogP contribution in [-0.2, 0) is 4.79 Å². The molecule has 3 amide bonds. The van der Waals surface area contributed by atoms with Gasteiger partial charge in [0.1, 0.15) is 0 Å². The minimum absolute atomic E-state index is 0.235. The van der Waals surface area contributed by atoms with Crippen molar-refractivity contribution in [1.82, 2.24) is 20.9 Å². The molecule has 1 rings (SSSR count). The van der Waals surface area contributed by atoms with Gasteiger partial charge in [-0.15, -0.1) is 0 Å². The summed E-state index contributed by atoms with van der Waals surface area (Å²) in [6, 6.07) is 0.380. The number of hydrogen-bond acceptors (Lipinski definition) is 4. The summed E-state index contributed by atoms with van der Waals surface area (Å²) in [6.45, 7) is 8.64. The fourth-order valence-corrected chi connectivity index (χ4v) is 2.35. The van der Waals surface area contributed by atoms with Gasteiger partial charge in [0.15, 0.2) is 0 Å². The SMILES string of the molecule is CCNC(=O)NC(=O)CN1CC(CC)NCC1CC. The van der Waals surface area contributed by atoms with Crippen LogP contribution in [0.2, 0.25) is 0 Å². The molecule has 3 N–H and O–H groups in total. The van der Waals surface area contributed by atoms with Gasteiger partial charge in [-0.3, -0.25) is 15.0 Å². The summed E-state index contributed by atoms with van der Waals surface area (Å²) < 4.78 is 0. The zero-order chi connectivity index (χ0) is 14.3. The van der Waals surface area contributed by atoms with Crippen molar-refractivity contribution in [3.8, 4) is 0 Å². The van der Waals surface area contributed by atoms with Crippen molar-refractivity contribution in [3.05, 3.63) is 0 Å². The second kappa shape index (κ2) is 8.12. The molecule has 110 valence electrons. The number of nitrogens with one attached hydrogen (secondary N) is 3. The second-order valence-corrected chi connectivity index (χ2v) is 4.91. The third-order valence-electron chi connectivity index (χ3n) is 3.51. The summed E-state index contributed by atoms with van der Waals surface area (Å²) in [5.41, 5.74) is 0. The Morgan fingerprint density at radius 3 is 2.58 bits per heavy atom. The Kier molecular flexibility index (Phi) is 6.80. The van der Waals surface area contributed by atoms with Crippen molar-refractivity contribution in [3.63, 3.8) is 0 Å². The van der Waals surface area contributed by atoms with Gasteiger partial charge in [-0.2, -0.15) is 0 Å². The Hall–Kier alpha value is -1.14. The molecular formula is C13H26N4O2. The molecule has 2 unspecified atom stereocenters. The predicted octanol–water partition coefficient (Wildman–Crippen LogP) is 0.295. The van der Waals surface area contributed by atoms with Gasteiger partial charge in [-0.05, 0) is 19.8 Å². The number of nitrogens with zero attached hydrogens (tertiary/aromatic N) is 1. The minimum Gasteiger partial charge on any atom is -0.338 e. The maximum Gasteiger partial charge on any atom is 0.321 e. The van der Waals surface area contributed by atoms with E-state index in [4.69, 9.17) is 0 Å². The van der Waals surface area contributed by atoms with Crippen molar-refractivity contribution in [2.24, 2.45) is 0 Å². The number of imide groups is 1. The summed E-state index contributed by atoms with van der Waals surface area (Å²) in [6.07, 6.45) is 2.04. The van der Waals surface area contributed by atoms with Gasteiger partial charge < -0.3 is 10.6 Å². The molecule has 6 heteroatoms. The molecule has 6 nitrogen and oxygen atoms in total. The number of urea groups is 1. The van der Waals surface area contributed by atoms with Crippen molar-refractivity contribution >= 4 is 11.9 Å². The average molecular weight is 270 g/mol. The highest BCUT2D eigenvalue weighted by Gasteiger charge is 2.27. The number of hydrogen-bond donors (Lipinski definition) is 3. The van der Waals surface area contributed by atoms with Crippen LogP contribution in [0.5, 0.6) is 0 Å². The lowest BCUT2D eigenvalue weighted by Gasteiger charge is -2.39. The topological polar surface area (TPSA) is 73.5 Å². The molecule has 1 aliphatic rings. The van der Waals surface area contributed by atoms with Crippen LogP contribution in [0.4, 0.5) is 4.79 Å². The van der Waals surface area contributed by atoms with Gasteiger partial charge in [0.25, 0.3) is 0 Å². The molecule has 2 atom stereocenters. The highest BCUT2D eigenvalue weighted by Crippen LogP contribution is 2.11. The first-order valence-electron chi connectivity index (χ1n) is 7.15. The molecule has 1 aliphatic heterocycles. The van der Waals surface area contributed by atoms with E-state index in [0.717, 1.165) is 25.9 Å². The molecule has 1 fully saturated rings. The van der Waals surface area contributed by atoms with Gasteiger partial charge in [0, 0.05) is 31.7 Å². The van der Waals surface area contributed by atoms with Crippen LogP contribution >= 0.6 is 0 Å². The lowest BCUT2D eigenvalue weighted by Crippen LogP contribution is -2.58. The molecule has 0 radical (unpaired) electrons. The molecule has 1 saturated heterocycles. The zero-order valence-corrected chi connectivity index (χ0v) is 12.2. The van der Waals surface area contributed by atoms with E-state index < -0.39 is 6.03 Å². The molecule has 0 aromatic carbocycles. The first-order chi connectivity index (χ1) is 9.10. The highest BCUT2D eigenvalue weighted by molar-refractivity contribution is 5.95. The summed E-state index contributed by atoms with van der Waals surface area (Å²) in [7, 11) is 0. The van der Waals surface area contributed by atoms with E-state index in [9.17, 15) is 9.59 Å². The van der Waals surface area contributed by atoms with Crippen molar-refractivity contribution in [2.75, 3.05) is 26.2 Å². The standard InChI is InChI=1S/C13H26N4O2/c1-4-10-8-17(11(5-2)7-15-10)9-12(18)16-13(19)14-6-3/h10-11,15H,4-9H2,1-3H3,(H2,14,16,18,19). The monoisotopic (exact) mass is 270 g/mol. The third-order valence-corrected chi connectivity index (χ3v) is 3.51. The van der Waals surface area contributed by atoms with Crippen molar-refractivity contribution < 1.29 is 9.59 Å². The van der Waals surface area contributed by atoms with E-state index in [0.29, 0.717) is 18.6 Å². The Morgan fingerprint density at radius 2 is 2.00 bits per heavy atom. The van der Waals surface area contributed by atoms with Crippen LogP contribution in [0.25, 0.3) is 0 Å². The van der Waals surface area contributed by atoms with Crippen LogP contribution in [-0.4, -0.2) is 55.1 Å². The van der Waals surface area contributed by atoms with Crippen LogP contribution in [0.15, 0.2) is 0 Å².